The number of aryl methyl sites for hydroxylation is 1. The number of carbonyl (C=O) groups excluding carboxylic acids is 1. The lowest BCUT2D eigenvalue weighted by atomic mass is 10.0. The molecule has 1 heterocycles. The van der Waals surface area contributed by atoms with Gasteiger partial charge in [-0.15, -0.1) is 0 Å². The first-order chi connectivity index (χ1) is 14.9. The van der Waals surface area contributed by atoms with Gasteiger partial charge in [-0.05, 0) is 50.2 Å². The summed E-state index contributed by atoms with van der Waals surface area (Å²) in [5.74, 6) is 0.193. The van der Waals surface area contributed by atoms with E-state index in [1.54, 1.807) is 54.6 Å². The number of ether oxygens (including phenoxy) is 1. The van der Waals surface area contributed by atoms with Gasteiger partial charge >= 0.3 is 0 Å². The number of fused-ring (bicyclic) bond motifs is 1. The number of pyridine rings is 1. The average molecular weight is 432 g/mol. The van der Waals surface area contributed by atoms with Gasteiger partial charge in [0.05, 0.1) is 27.5 Å². The normalized spacial score (nSPS) is 11.4. The van der Waals surface area contributed by atoms with Crippen molar-refractivity contribution in [2.24, 2.45) is 0 Å². The largest absolute Gasteiger partial charge is 0.494 e. The standard InChI is InChI=1S/C25H21NO4S/c1-3-30-19-10-12-20(13-11-19)31(28,29)25-21-15-17(2)9-14-23(21)26-16-22(25)24(27)18-7-5-4-6-8-18/h4-16H,3H2,1-2H3. The molecule has 0 amide bonds. The minimum absolute atomic E-state index is 0.0285. The Balaban J connectivity index is 1.98. The predicted molar refractivity (Wildman–Crippen MR) is 119 cm³/mol. The molecule has 0 aliphatic heterocycles. The van der Waals surface area contributed by atoms with E-state index in [2.05, 4.69) is 4.98 Å². The van der Waals surface area contributed by atoms with Gasteiger partial charge in [0, 0.05) is 17.1 Å². The maximum Gasteiger partial charge on any atom is 0.208 e. The van der Waals surface area contributed by atoms with Crippen molar-refractivity contribution in [1.82, 2.24) is 4.98 Å². The minimum atomic E-state index is -4.01. The van der Waals surface area contributed by atoms with Gasteiger partial charge in [-0.25, -0.2) is 8.42 Å². The minimum Gasteiger partial charge on any atom is -0.494 e. The SMILES string of the molecule is CCOc1ccc(S(=O)(=O)c2c(C(=O)c3ccccc3)cnc3ccc(C)cc23)cc1. The molecule has 4 aromatic rings. The molecule has 4 rings (SSSR count). The molecule has 156 valence electrons. The molecule has 1 aromatic heterocycles. The quantitative estimate of drug-likeness (QED) is 0.402. The van der Waals surface area contributed by atoms with E-state index in [0.717, 1.165) is 5.56 Å². The van der Waals surface area contributed by atoms with Crippen molar-refractivity contribution >= 4 is 26.5 Å². The topological polar surface area (TPSA) is 73.3 Å². The molecule has 0 spiro atoms. The highest BCUT2D eigenvalue weighted by molar-refractivity contribution is 7.91. The summed E-state index contributed by atoms with van der Waals surface area (Å²) in [6, 6.07) is 20.2. The van der Waals surface area contributed by atoms with Crippen LogP contribution >= 0.6 is 0 Å². The van der Waals surface area contributed by atoms with Crippen LogP contribution in [0.15, 0.2) is 88.8 Å². The van der Waals surface area contributed by atoms with E-state index in [1.165, 1.54) is 18.3 Å². The van der Waals surface area contributed by atoms with Gasteiger partial charge in [-0.3, -0.25) is 9.78 Å². The molecule has 0 N–H and O–H groups in total. The molecule has 0 aliphatic rings. The van der Waals surface area contributed by atoms with Crippen LogP contribution in [0.2, 0.25) is 0 Å². The Morgan fingerprint density at radius 2 is 1.68 bits per heavy atom. The molecular formula is C25H21NO4S. The molecule has 0 bridgehead atoms. The number of benzene rings is 3. The summed E-state index contributed by atoms with van der Waals surface area (Å²) in [5.41, 5.74) is 1.85. The van der Waals surface area contributed by atoms with E-state index in [9.17, 15) is 13.2 Å². The molecular weight excluding hydrogens is 410 g/mol. The van der Waals surface area contributed by atoms with E-state index >= 15 is 0 Å². The monoisotopic (exact) mass is 431 g/mol. The molecule has 0 unspecified atom stereocenters. The van der Waals surface area contributed by atoms with Crippen molar-refractivity contribution in [1.29, 1.82) is 0 Å². The van der Waals surface area contributed by atoms with Crippen molar-refractivity contribution in [3.05, 3.63) is 95.7 Å². The lowest BCUT2D eigenvalue weighted by Crippen LogP contribution is -2.12. The van der Waals surface area contributed by atoms with Crippen molar-refractivity contribution in [3.63, 3.8) is 0 Å². The third-order valence-electron chi connectivity index (χ3n) is 4.97. The van der Waals surface area contributed by atoms with E-state index in [-0.39, 0.29) is 21.1 Å². The molecule has 0 saturated carbocycles. The van der Waals surface area contributed by atoms with Gasteiger partial charge in [-0.1, -0.05) is 42.0 Å². The summed E-state index contributed by atoms with van der Waals surface area (Å²) in [5, 5.41) is 0.427. The van der Waals surface area contributed by atoms with Crippen LogP contribution in [0.4, 0.5) is 0 Å². The van der Waals surface area contributed by atoms with Gasteiger partial charge in [0.2, 0.25) is 9.84 Å². The second kappa shape index (κ2) is 8.32. The van der Waals surface area contributed by atoms with E-state index in [4.69, 9.17) is 4.74 Å². The van der Waals surface area contributed by atoms with E-state index in [1.807, 2.05) is 19.9 Å². The van der Waals surface area contributed by atoms with Crippen molar-refractivity contribution in [3.8, 4) is 5.75 Å². The highest BCUT2D eigenvalue weighted by Crippen LogP contribution is 2.33. The second-order valence-corrected chi connectivity index (χ2v) is 9.01. The number of sulfone groups is 1. The Bertz CT molecular complexity index is 1360. The first kappa shape index (κ1) is 20.8. The number of aromatic nitrogens is 1. The van der Waals surface area contributed by atoms with Crippen molar-refractivity contribution < 1.29 is 17.9 Å². The third-order valence-corrected chi connectivity index (χ3v) is 6.84. The fourth-order valence-electron chi connectivity index (χ4n) is 3.48. The number of nitrogens with zero attached hydrogens (tertiary/aromatic N) is 1. The lowest BCUT2D eigenvalue weighted by Gasteiger charge is -2.14. The highest BCUT2D eigenvalue weighted by Gasteiger charge is 2.28. The van der Waals surface area contributed by atoms with Crippen LogP contribution in [0.25, 0.3) is 10.9 Å². The summed E-state index contributed by atoms with van der Waals surface area (Å²) in [7, 11) is -4.01. The Hall–Kier alpha value is -3.51. The molecule has 6 heteroatoms. The highest BCUT2D eigenvalue weighted by atomic mass is 32.2. The zero-order valence-corrected chi connectivity index (χ0v) is 18.0. The fraction of sp³-hybridized carbons (Fsp3) is 0.120. The maximum atomic E-state index is 13.8. The molecule has 0 radical (unpaired) electrons. The Labute approximate surface area is 181 Å². The summed E-state index contributed by atoms with van der Waals surface area (Å²) in [6.07, 6.45) is 1.36. The third kappa shape index (κ3) is 3.94. The first-order valence-electron chi connectivity index (χ1n) is 9.89. The van der Waals surface area contributed by atoms with Crippen LogP contribution in [0.5, 0.6) is 5.75 Å². The molecule has 0 saturated heterocycles. The van der Waals surface area contributed by atoms with Crippen LogP contribution < -0.4 is 4.74 Å². The number of hydrogen-bond acceptors (Lipinski definition) is 5. The summed E-state index contributed by atoms with van der Waals surface area (Å²) in [4.78, 5) is 17.7. The predicted octanol–water partition coefficient (Wildman–Crippen LogP) is 5.01. The van der Waals surface area contributed by atoms with Crippen molar-refractivity contribution in [2.45, 2.75) is 23.6 Å². The van der Waals surface area contributed by atoms with Gasteiger partial charge in [0.1, 0.15) is 5.75 Å². The first-order valence-corrected chi connectivity index (χ1v) is 11.4. The van der Waals surface area contributed by atoms with Gasteiger partial charge in [-0.2, -0.15) is 0 Å². The summed E-state index contributed by atoms with van der Waals surface area (Å²) >= 11 is 0. The van der Waals surface area contributed by atoms with Crippen LogP contribution in [0.3, 0.4) is 0 Å². The number of hydrogen-bond donors (Lipinski definition) is 0. The Kier molecular flexibility index (Phi) is 5.57. The van der Waals surface area contributed by atoms with Gasteiger partial charge in [0.25, 0.3) is 0 Å². The summed E-state index contributed by atoms with van der Waals surface area (Å²) < 4.78 is 33.0. The maximum absolute atomic E-state index is 13.8. The lowest BCUT2D eigenvalue weighted by molar-refractivity contribution is 0.103. The number of ketones is 1. The Morgan fingerprint density at radius 1 is 0.968 bits per heavy atom. The van der Waals surface area contributed by atoms with Gasteiger partial charge in [0.15, 0.2) is 5.78 Å². The molecule has 31 heavy (non-hydrogen) atoms. The van der Waals surface area contributed by atoms with Crippen LogP contribution in [-0.4, -0.2) is 25.8 Å². The number of carbonyl (C=O) groups is 1. The molecule has 3 aromatic carbocycles. The Morgan fingerprint density at radius 3 is 2.35 bits per heavy atom. The van der Waals surface area contributed by atoms with Crippen LogP contribution in [0, 0.1) is 6.92 Å². The molecule has 0 fully saturated rings. The zero-order chi connectivity index (χ0) is 22.0. The van der Waals surface area contributed by atoms with Crippen molar-refractivity contribution in [2.75, 3.05) is 6.61 Å². The molecule has 0 atom stereocenters. The van der Waals surface area contributed by atoms with Gasteiger partial charge < -0.3 is 4.74 Å². The average Bonchev–Trinajstić information content (AvgIpc) is 2.79. The van der Waals surface area contributed by atoms with E-state index in [0.29, 0.717) is 28.8 Å². The van der Waals surface area contributed by atoms with Crippen LogP contribution in [0.1, 0.15) is 28.4 Å². The number of rotatable bonds is 6. The zero-order valence-electron chi connectivity index (χ0n) is 17.2. The second-order valence-electron chi connectivity index (χ2n) is 7.12. The van der Waals surface area contributed by atoms with E-state index < -0.39 is 9.84 Å². The molecule has 0 aliphatic carbocycles. The molecule has 5 nitrogen and oxygen atoms in total. The smallest absolute Gasteiger partial charge is 0.208 e. The van der Waals surface area contributed by atoms with Crippen LogP contribution in [-0.2, 0) is 9.84 Å². The summed E-state index contributed by atoms with van der Waals surface area (Å²) in [6.45, 7) is 4.21. The fourth-order valence-corrected chi connectivity index (χ4v) is 5.10.